The molecule has 0 unspecified atom stereocenters. The quantitative estimate of drug-likeness (QED) is 0.504. The lowest BCUT2D eigenvalue weighted by Crippen LogP contribution is -2.40. The van der Waals surface area contributed by atoms with E-state index in [1.165, 1.54) is 32.4 Å². The van der Waals surface area contributed by atoms with Crippen LogP contribution in [0.15, 0.2) is 52.5 Å². The standard InChI is InChI=1S/C27H37N3O5S/c1-19-7-14-23(15-8-19)36(32,33)30(24-17-22(34-5)13-16-25(24)35-6)18-26(31)29-28-21-11-9-20(10-12-21)27(2,3)4/h7-8,13-17,20H,9-12,18H2,1-6H3,(H,29,31). The molecule has 0 bridgehead atoms. The van der Waals surface area contributed by atoms with E-state index in [-0.39, 0.29) is 16.0 Å². The number of anilines is 1. The van der Waals surface area contributed by atoms with Crippen molar-refractivity contribution in [1.29, 1.82) is 0 Å². The first-order valence-electron chi connectivity index (χ1n) is 12.1. The Morgan fingerprint density at radius 2 is 1.69 bits per heavy atom. The molecule has 8 nitrogen and oxygen atoms in total. The summed E-state index contributed by atoms with van der Waals surface area (Å²) in [5, 5.41) is 4.33. The molecule has 0 spiro atoms. The molecule has 9 heteroatoms. The van der Waals surface area contributed by atoms with E-state index in [9.17, 15) is 13.2 Å². The number of aryl methyl sites for hydroxylation is 1. The SMILES string of the molecule is COc1ccc(OC)c(N(CC(=O)NN=C2CCC(C(C)(C)C)CC2)S(=O)(=O)c2ccc(C)cc2)c1. The van der Waals surface area contributed by atoms with Gasteiger partial charge in [-0.2, -0.15) is 5.10 Å². The highest BCUT2D eigenvalue weighted by Crippen LogP contribution is 2.37. The zero-order chi connectivity index (χ0) is 26.5. The molecule has 2 aromatic carbocycles. The predicted molar refractivity (Wildman–Crippen MR) is 142 cm³/mol. The molecule has 0 aliphatic heterocycles. The van der Waals surface area contributed by atoms with Gasteiger partial charge in [-0.1, -0.05) is 38.5 Å². The van der Waals surface area contributed by atoms with Crippen molar-refractivity contribution in [1.82, 2.24) is 5.43 Å². The van der Waals surface area contributed by atoms with E-state index in [4.69, 9.17) is 9.47 Å². The minimum Gasteiger partial charge on any atom is -0.497 e. The van der Waals surface area contributed by atoms with Crippen molar-refractivity contribution < 1.29 is 22.7 Å². The Bertz CT molecular complexity index is 1190. The number of hydrogen-bond donors (Lipinski definition) is 1. The minimum atomic E-state index is -4.10. The van der Waals surface area contributed by atoms with Gasteiger partial charge in [0.05, 0.1) is 24.8 Å². The van der Waals surface area contributed by atoms with Gasteiger partial charge in [0, 0.05) is 11.8 Å². The number of nitrogens with zero attached hydrogens (tertiary/aromatic N) is 2. The number of sulfonamides is 1. The molecule has 1 fully saturated rings. The first kappa shape index (κ1) is 27.5. The lowest BCUT2D eigenvalue weighted by Gasteiger charge is -2.34. The third-order valence-corrected chi connectivity index (χ3v) is 8.45. The molecule has 1 saturated carbocycles. The van der Waals surface area contributed by atoms with Crippen molar-refractivity contribution in [3.63, 3.8) is 0 Å². The Balaban J connectivity index is 1.87. The average molecular weight is 516 g/mol. The maximum Gasteiger partial charge on any atom is 0.264 e. The Hall–Kier alpha value is -3.07. The fourth-order valence-electron chi connectivity index (χ4n) is 4.36. The fourth-order valence-corrected chi connectivity index (χ4v) is 5.79. The van der Waals surface area contributed by atoms with Crippen molar-refractivity contribution in [2.45, 2.75) is 58.3 Å². The first-order chi connectivity index (χ1) is 17.0. The average Bonchev–Trinajstić information content (AvgIpc) is 2.85. The third-order valence-electron chi connectivity index (χ3n) is 6.68. The summed E-state index contributed by atoms with van der Waals surface area (Å²) < 4.78 is 39.2. The molecular formula is C27H37N3O5S. The Morgan fingerprint density at radius 3 is 2.25 bits per heavy atom. The molecule has 1 aliphatic carbocycles. The zero-order valence-electron chi connectivity index (χ0n) is 22.0. The van der Waals surface area contributed by atoms with Crippen molar-refractivity contribution in [2.75, 3.05) is 25.1 Å². The summed E-state index contributed by atoms with van der Waals surface area (Å²) in [5.74, 6) is 0.807. The lowest BCUT2D eigenvalue weighted by atomic mass is 9.72. The van der Waals surface area contributed by atoms with Gasteiger partial charge in [-0.25, -0.2) is 13.8 Å². The zero-order valence-corrected chi connectivity index (χ0v) is 22.8. The number of rotatable bonds is 8. The Kier molecular flexibility index (Phi) is 8.66. The number of ether oxygens (including phenoxy) is 2. The summed E-state index contributed by atoms with van der Waals surface area (Å²) in [6.07, 6.45) is 3.68. The normalized spacial score (nSPS) is 16.3. The van der Waals surface area contributed by atoms with Gasteiger partial charge in [-0.15, -0.1) is 0 Å². The Morgan fingerprint density at radius 1 is 1.06 bits per heavy atom. The van der Waals surface area contributed by atoms with Crippen LogP contribution in [0, 0.1) is 18.3 Å². The summed E-state index contributed by atoms with van der Waals surface area (Å²) in [5.41, 5.74) is 4.87. The molecular weight excluding hydrogens is 478 g/mol. The molecule has 2 aromatic rings. The number of carbonyl (C=O) groups excluding carboxylic acids is 1. The number of nitrogens with one attached hydrogen (secondary N) is 1. The molecule has 1 amide bonds. The van der Waals surface area contributed by atoms with Crippen molar-refractivity contribution in [2.24, 2.45) is 16.4 Å². The van der Waals surface area contributed by atoms with Crippen LogP contribution in [0.25, 0.3) is 0 Å². The Labute approximate surface area is 214 Å². The van der Waals surface area contributed by atoms with E-state index in [1.54, 1.807) is 24.3 Å². The smallest absolute Gasteiger partial charge is 0.264 e. The van der Waals surface area contributed by atoms with Crippen LogP contribution >= 0.6 is 0 Å². The van der Waals surface area contributed by atoms with Crippen LogP contribution in [0.3, 0.4) is 0 Å². The van der Waals surface area contributed by atoms with Gasteiger partial charge >= 0.3 is 0 Å². The number of benzene rings is 2. The summed E-state index contributed by atoms with van der Waals surface area (Å²) in [4.78, 5) is 13.1. The second-order valence-electron chi connectivity index (χ2n) is 10.2. The molecule has 3 rings (SSSR count). The number of hydrogen-bond acceptors (Lipinski definition) is 6. The van der Waals surface area contributed by atoms with E-state index in [1.807, 2.05) is 6.92 Å². The maximum absolute atomic E-state index is 13.7. The molecule has 0 radical (unpaired) electrons. The van der Waals surface area contributed by atoms with Crippen LogP contribution in [0.2, 0.25) is 0 Å². The van der Waals surface area contributed by atoms with E-state index >= 15 is 0 Å². The van der Waals surface area contributed by atoms with Crippen molar-refractivity contribution in [3.8, 4) is 11.5 Å². The molecule has 0 atom stereocenters. The highest BCUT2D eigenvalue weighted by molar-refractivity contribution is 7.92. The number of methoxy groups -OCH3 is 2. The molecule has 0 saturated heterocycles. The van der Waals surface area contributed by atoms with E-state index in [0.29, 0.717) is 17.4 Å². The van der Waals surface area contributed by atoms with Crippen LogP contribution in [-0.2, 0) is 14.8 Å². The van der Waals surface area contributed by atoms with Gasteiger partial charge in [0.1, 0.15) is 18.0 Å². The van der Waals surface area contributed by atoms with Gasteiger partial charge in [-0.05, 0) is 68.2 Å². The topological polar surface area (TPSA) is 97.3 Å². The van der Waals surface area contributed by atoms with Crippen LogP contribution in [-0.4, -0.2) is 40.8 Å². The fraction of sp³-hybridized carbons (Fsp3) is 0.481. The van der Waals surface area contributed by atoms with Gasteiger partial charge in [0.2, 0.25) is 0 Å². The highest BCUT2D eigenvalue weighted by Gasteiger charge is 2.31. The number of amides is 1. The van der Waals surface area contributed by atoms with Crippen molar-refractivity contribution >= 4 is 27.3 Å². The highest BCUT2D eigenvalue weighted by atomic mass is 32.2. The summed E-state index contributed by atoms with van der Waals surface area (Å²) in [6.45, 7) is 8.15. The largest absolute Gasteiger partial charge is 0.497 e. The lowest BCUT2D eigenvalue weighted by molar-refractivity contribution is -0.119. The molecule has 1 N–H and O–H groups in total. The van der Waals surface area contributed by atoms with Gasteiger partial charge in [0.15, 0.2) is 0 Å². The molecule has 196 valence electrons. The molecule has 0 aromatic heterocycles. The maximum atomic E-state index is 13.7. The van der Waals surface area contributed by atoms with Gasteiger partial charge in [-0.3, -0.25) is 9.10 Å². The van der Waals surface area contributed by atoms with Crippen LogP contribution in [0.1, 0.15) is 52.0 Å². The monoisotopic (exact) mass is 515 g/mol. The predicted octanol–water partition coefficient (Wildman–Crippen LogP) is 4.92. The minimum absolute atomic E-state index is 0.0672. The van der Waals surface area contributed by atoms with Gasteiger partial charge < -0.3 is 9.47 Å². The van der Waals surface area contributed by atoms with E-state index in [0.717, 1.165) is 41.3 Å². The second kappa shape index (κ2) is 11.3. The van der Waals surface area contributed by atoms with Crippen LogP contribution < -0.4 is 19.2 Å². The van der Waals surface area contributed by atoms with Crippen LogP contribution in [0.5, 0.6) is 11.5 Å². The van der Waals surface area contributed by atoms with E-state index in [2.05, 4.69) is 31.3 Å². The molecule has 36 heavy (non-hydrogen) atoms. The van der Waals surface area contributed by atoms with Gasteiger partial charge in [0.25, 0.3) is 15.9 Å². The van der Waals surface area contributed by atoms with Crippen molar-refractivity contribution in [3.05, 3.63) is 48.0 Å². The van der Waals surface area contributed by atoms with Crippen LogP contribution in [0.4, 0.5) is 5.69 Å². The van der Waals surface area contributed by atoms with E-state index < -0.39 is 22.5 Å². The molecule has 0 heterocycles. The number of hydrazone groups is 1. The summed E-state index contributed by atoms with van der Waals surface area (Å²) >= 11 is 0. The second-order valence-corrected chi connectivity index (χ2v) is 12.1. The third kappa shape index (κ3) is 6.57. The number of carbonyl (C=O) groups is 1. The summed E-state index contributed by atoms with van der Waals surface area (Å²) in [6, 6.07) is 11.3. The summed E-state index contributed by atoms with van der Waals surface area (Å²) in [7, 11) is -1.17. The first-order valence-corrected chi connectivity index (χ1v) is 13.6. The molecule has 1 aliphatic rings.